The summed E-state index contributed by atoms with van der Waals surface area (Å²) in [6.07, 6.45) is -3.75. The highest BCUT2D eigenvalue weighted by Crippen LogP contribution is 2.32. The Morgan fingerprint density at radius 3 is 2.50 bits per heavy atom. The summed E-state index contributed by atoms with van der Waals surface area (Å²) in [6.45, 7) is 1.99. The molecule has 0 aromatic heterocycles. The molecular weight excluding hydrogens is 322 g/mol. The van der Waals surface area contributed by atoms with Gasteiger partial charge in [0.05, 0.1) is 5.56 Å². The number of rotatable bonds is 3. The molecule has 0 heterocycles. The van der Waals surface area contributed by atoms with Crippen LogP contribution in [0.3, 0.4) is 0 Å². The summed E-state index contributed by atoms with van der Waals surface area (Å²) in [5, 5.41) is 0. The fraction of sp³-hybridized carbons (Fsp3) is 0.235. The third kappa shape index (κ3) is 4.04. The first-order valence-corrected chi connectivity index (χ1v) is 7.26. The maximum absolute atomic E-state index is 13.8. The van der Waals surface area contributed by atoms with Crippen molar-refractivity contribution in [1.82, 2.24) is 0 Å². The van der Waals surface area contributed by atoms with Crippen molar-refractivity contribution in [2.24, 2.45) is 10.7 Å². The Hall–Kier alpha value is -2.57. The number of halogens is 4. The van der Waals surface area contributed by atoms with Gasteiger partial charge in [-0.3, -0.25) is 0 Å². The van der Waals surface area contributed by atoms with Crippen LogP contribution in [0.25, 0.3) is 0 Å². The third-order valence-electron chi connectivity index (χ3n) is 3.56. The van der Waals surface area contributed by atoms with Crippen molar-refractivity contribution in [3.05, 3.63) is 59.4 Å². The van der Waals surface area contributed by atoms with Crippen molar-refractivity contribution < 1.29 is 17.6 Å². The number of guanidine groups is 1. The van der Waals surface area contributed by atoms with Gasteiger partial charge in [-0.05, 0) is 42.3 Å². The van der Waals surface area contributed by atoms with E-state index in [9.17, 15) is 17.6 Å². The van der Waals surface area contributed by atoms with Crippen molar-refractivity contribution in [2.75, 3.05) is 11.9 Å². The Morgan fingerprint density at radius 2 is 1.88 bits per heavy atom. The van der Waals surface area contributed by atoms with E-state index in [-0.39, 0.29) is 5.96 Å². The van der Waals surface area contributed by atoms with Crippen molar-refractivity contribution in [1.29, 1.82) is 0 Å². The van der Waals surface area contributed by atoms with Crippen LogP contribution in [0.1, 0.15) is 18.1 Å². The molecule has 0 fully saturated rings. The van der Waals surface area contributed by atoms with Crippen LogP contribution in [0.15, 0.2) is 47.5 Å². The van der Waals surface area contributed by atoms with E-state index in [4.69, 9.17) is 5.73 Å². The van der Waals surface area contributed by atoms with Crippen LogP contribution in [-0.2, 0) is 12.6 Å². The minimum absolute atomic E-state index is 0.110. The molecule has 0 bridgehead atoms. The van der Waals surface area contributed by atoms with Crippen LogP contribution in [-0.4, -0.2) is 13.0 Å². The molecule has 3 nitrogen and oxygen atoms in total. The molecular formula is C17H17F4N3. The molecule has 7 heteroatoms. The molecule has 2 aromatic carbocycles. The molecule has 24 heavy (non-hydrogen) atoms. The standard InChI is InChI=1S/C17H17F4N3/c1-3-11-5-4-6-13(9-11)24(2)16(22)23-15-10-12(17(19,20)21)7-8-14(15)18/h4-10H,3H2,1-2H3,(H2,22,23). The molecule has 0 radical (unpaired) electrons. The van der Waals surface area contributed by atoms with Crippen LogP contribution in [0.4, 0.5) is 28.9 Å². The molecule has 0 unspecified atom stereocenters. The summed E-state index contributed by atoms with van der Waals surface area (Å²) in [7, 11) is 1.61. The molecule has 128 valence electrons. The summed E-state index contributed by atoms with van der Waals surface area (Å²) in [6, 6.07) is 9.47. The summed E-state index contributed by atoms with van der Waals surface area (Å²) >= 11 is 0. The number of benzene rings is 2. The smallest absolute Gasteiger partial charge is 0.369 e. The maximum Gasteiger partial charge on any atom is 0.416 e. The number of hydrogen-bond acceptors (Lipinski definition) is 1. The van der Waals surface area contributed by atoms with Gasteiger partial charge in [0.25, 0.3) is 0 Å². The van der Waals surface area contributed by atoms with Crippen LogP contribution in [0.2, 0.25) is 0 Å². The van der Waals surface area contributed by atoms with Gasteiger partial charge in [0, 0.05) is 12.7 Å². The Morgan fingerprint density at radius 1 is 1.17 bits per heavy atom. The predicted molar refractivity (Wildman–Crippen MR) is 86.9 cm³/mol. The van der Waals surface area contributed by atoms with Gasteiger partial charge in [-0.2, -0.15) is 13.2 Å². The molecule has 0 saturated carbocycles. The van der Waals surface area contributed by atoms with E-state index in [2.05, 4.69) is 4.99 Å². The number of aliphatic imine (C=N–C) groups is 1. The van der Waals surface area contributed by atoms with Crippen molar-refractivity contribution in [2.45, 2.75) is 19.5 Å². The second-order valence-corrected chi connectivity index (χ2v) is 5.22. The Labute approximate surface area is 137 Å². The van der Waals surface area contributed by atoms with Crippen LogP contribution < -0.4 is 10.6 Å². The monoisotopic (exact) mass is 339 g/mol. The van der Waals surface area contributed by atoms with Gasteiger partial charge in [-0.15, -0.1) is 0 Å². The summed E-state index contributed by atoms with van der Waals surface area (Å²) in [5.74, 6) is -0.983. The average molecular weight is 339 g/mol. The average Bonchev–Trinajstić information content (AvgIpc) is 2.55. The highest BCUT2D eigenvalue weighted by Gasteiger charge is 2.31. The zero-order valence-electron chi connectivity index (χ0n) is 13.2. The Balaban J connectivity index is 2.36. The highest BCUT2D eigenvalue weighted by molar-refractivity contribution is 5.96. The minimum atomic E-state index is -4.58. The second kappa shape index (κ2) is 6.90. The first-order valence-electron chi connectivity index (χ1n) is 7.26. The van der Waals surface area contributed by atoms with E-state index in [0.717, 1.165) is 18.1 Å². The SMILES string of the molecule is CCc1cccc(N(C)C(N)=Nc2cc(C(F)(F)F)ccc2F)c1. The van der Waals surface area contributed by atoms with E-state index < -0.39 is 23.2 Å². The highest BCUT2D eigenvalue weighted by atomic mass is 19.4. The van der Waals surface area contributed by atoms with Gasteiger partial charge in [-0.1, -0.05) is 19.1 Å². The zero-order chi connectivity index (χ0) is 17.9. The van der Waals surface area contributed by atoms with E-state index >= 15 is 0 Å². The van der Waals surface area contributed by atoms with Crippen molar-refractivity contribution in [3.63, 3.8) is 0 Å². The molecule has 0 aliphatic heterocycles. The molecule has 0 amide bonds. The lowest BCUT2D eigenvalue weighted by molar-refractivity contribution is -0.137. The van der Waals surface area contributed by atoms with Crippen molar-refractivity contribution >= 4 is 17.3 Å². The zero-order valence-corrected chi connectivity index (χ0v) is 13.2. The lowest BCUT2D eigenvalue weighted by atomic mass is 10.1. The Bertz CT molecular complexity index is 754. The van der Waals surface area contributed by atoms with Gasteiger partial charge >= 0.3 is 6.18 Å². The quantitative estimate of drug-likeness (QED) is 0.509. The summed E-state index contributed by atoms with van der Waals surface area (Å²) in [4.78, 5) is 5.29. The number of hydrogen-bond donors (Lipinski definition) is 1. The van der Waals surface area contributed by atoms with Gasteiger partial charge in [-0.25, -0.2) is 9.38 Å². The molecule has 0 aliphatic rings. The minimum Gasteiger partial charge on any atom is -0.369 e. The molecule has 0 atom stereocenters. The topological polar surface area (TPSA) is 41.6 Å². The second-order valence-electron chi connectivity index (χ2n) is 5.22. The number of alkyl halides is 3. The molecule has 0 spiro atoms. The van der Waals surface area contributed by atoms with Gasteiger partial charge in [0.1, 0.15) is 11.5 Å². The van der Waals surface area contributed by atoms with Gasteiger partial charge in [0.15, 0.2) is 0 Å². The predicted octanol–water partition coefficient (Wildman–Crippen LogP) is 4.49. The van der Waals surface area contributed by atoms with Gasteiger partial charge in [0.2, 0.25) is 5.96 Å². The van der Waals surface area contributed by atoms with E-state index in [1.165, 1.54) is 4.90 Å². The lowest BCUT2D eigenvalue weighted by Crippen LogP contribution is -2.33. The van der Waals surface area contributed by atoms with Crippen LogP contribution in [0, 0.1) is 5.82 Å². The third-order valence-corrected chi connectivity index (χ3v) is 3.56. The molecule has 0 saturated heterocycles. The van der Waals surface area contributed by atoms with Crippen LogP contribution >= 0.6 is 0 Å². The lowest BCUT2D eigenvalue weighted by Gasteiger charge is -2.19. The number of aryl methyl sites for hydroxylation is 1. The molecule has 2 N–H and O–H groups in total. The first kappa shape index (κ1) is 17.8. The first-order chi connectivity index (χ1) is 11.2. The Kier molecular flexibility index (Phi) is 5.11. The fourth-order valence-corrected chi connectivity index (χ4v) is 2.09. The summed E-state index contributed by atoms with van der Waals surface area (Å²) < 4.78 is 51.9. The number of nitrogens with zero attached hydrogens (tertiary/aromatic N) is 2. The fourth-order valence-electron chi connectivity index (χ4n) is 2.09. The largest absolute Gasteiger partial charge is 0.416 e. The summed E-state index contributed by atoms with van der Waals surface area (Å²) in [5.41, 5.74) is 6.17. The number of anilines is 1. The van der Waals surface area contributed by atoms with Crippen LogP contribution in [0.5, 0.6) is 0 Å². The van der Waals surface area contributed by atoms with Crippen molar-refractivity contribution in [3.8, 4) is 0 Å². The molecule has 2 rings (SSSR count). The normalized spacial score (nSPS) is 12.3. The van der Waals surface area contributed by atoms with E-state index in [1.54, 1.807) is 13.1 Å². The maximum atomic E-state index is 13.8. The van der Waals surface area contributed by atoms with Gasteiger partial charge < -0.3 is 10.6 Å². The van der Waals surface area contributed by atoms with E-state index in [0.29, 0.717) is 17.8 Å². The van der Waals surface area contributed by atoms with E-state index in [1.807, 2.05) is 25.1 Å². The molecule has 2 aromatic rings. The number of nitrogens with two attached hydrogens (primary N) is 1. The molecule has 0 aliphatic carbocycles.